The second-order valence-corrected chi connectivity index (χ2v) is 8.50. The summed E-state index contributed by atoms with van der Waals surface area (Å²) in [4.78, 5) is 15.2. The average molecular weight is 426 g/mol. The zero-order valence-corrected chi connectivity index (χ0v) is 17.0. The molecule has 0 bridgehead atoms. The number of halogens is 2. The van der Waals surface area contributed by atoms with Crippen molar-refractivity contribution in [2.45, 2.75) is 19.5 Å². The van der Waals surface area contributed by atoms with Crippen LogP contribution in [0.15, 0.2) is 48.5 Å². The van der Waals surface area contributed by atoms with Gasteiger partial charge in [-0.05, 0) is 47.7 Å². The minimum absolute atomic E-state index is 0.281. The summed E-state index contributed by atoms with van der Waals surface area (Å²) in [6.45, 7) is 3.58. The van der Waals surface area contributed by atoms with Gasteiger partial charge in [0, 0.05) is 43.3 Å². The van der Waals surface area contributed by atoms with Gasteiger partial charge >= 0.3 is 0 Å². The second-order valence-electron chi connectivity index (χ2n) is 8.06. The molecule has 1 N–H and O–H groups in total. The molecule has 5 rings (SSSR count). The summed E-state index contributed by atoms with van der Waals surface area (Å²) in [5.74, 6) is 1.31. The summed E-state index contributed by atoms with van der Waals surface area (Å²) in [5.41, 5.74) is 1.65. The van der Waals surface area contributed by atoms with Gasteiger partial charge < -0.3 is 9.88 Å². The lowest BCUT2D eigenvalue weighted by Crippen LogP contribution is -2.31. The summed E-state index contributed by atoms with van der Waals surface area (Å²) < 4.78 is 15.3. The quantitative estimate of drug-likeness (QED) is 0.693. The number of likely N-dealkylation sites (tertiary alicyclic amines) is 1. The van der Waals surface area contributed by atoms with E-state index in [-0.39, 0.29) is 11.7 Å². The molecular formula is C22H21ClFN5O. The molecule has 0 radical (unpaired) electrons. The van der Waals surface area contributed by atoms with E-state index in [4.69, 9.17) is 11.6 Å². The minimum Gasteiger partial charge on any atom is -0.319 e. The highest BCUT2D eigenvalue weighted by atomic mass is 35.5. The first-order valence-electron chi connectivity index (χ1n) is 10.0. The molecule has 3 heterocycles. The highest BCUT2D eigenvalue weighted by Gasteiger charge is 2.39. The normalized spacial score (nSPS) is 20.6. The largest absolute Gasteiger partial charge is 0.319 e. The zero-order valence-electron chi connectivity index (χ0n) is 16.3. The summed E-state index contributed by atoms with van der Waals surface area (Å²) in [5, 5.41) is 11.8. The number of nitrogens with one attached hydrogen (secondary N) is 1. The smallest absolute Gasteiger partial charge is 0.293 e. The van der Waals surface area contributed by atoms with E-state index >= 15 is 0 Å². The standard InChI is InChI=1S/C22H21ClFN5O/c23-17-6-4-14(5-7-17)10-28-11-15-8-20-26-27-21(29(20)13-16(15)12-28)22(30)25-19-3-1-2-18(24)9-19/h1-7,9,15-16H,8,10-13H2,(H,25,30)/t15-,16-/m1/s1. The van der Waals surface area contributed by atoms with Crippen LogP contribution in [0.5, 0.6) is 0 Å². The van der Waals surface area contributed by atoms with Crippen LogP contribution >= 0.6 is 11.6 Å². The third-order valence-corrected chi connectivity index (χ3v) is 6.20. The van der Waals surface area contributed by atoms with E-state index in [2.05, 4.69) is 32.5 Å². The van der Waals surface area contributed by atoms with E-state index in [0.29, 0.717) is 17.5 Å². The van der Waals surface area contributed by atoms with Crippen molar-refractivity contribution < 1.29 is 9.18 Å². The number of amides is 1. The number of aromatic nitrogens is 3. The summed E-state index contributed by atoms with van der Waals surface area (Å²) >= 11 is 5.99. The van der Waals surface area contributed by atoms with Crippen LogP contribution in [0.3, 0.4) is 0 Å². The molecule has 1 aromatic heterocycles. The van der Waals surface area contributed by atoms with Gasteiger partial charge in [0.05, 0.1) is 0 Å². The van der Waals surface area contributed by atoms with Crippen LogP contribution in [0.1, 0.15) is 22.0 Å². The lowest BCUT2D eigenvalue weighted by atomic mass is 9.89. The number of hydrogen-bond acceptors (Lipinski definition) is 4. The topological polar surface area (TPSA) is 63.1 Å². The van der Waals surface area contributed by atoms with Gasteiger partial charge in [-0.15, -0.1) is 10.2 Å². The molecule has 0 saturated carbocycles. The molecule has 3 aromatic rings. The van der Waals surface area contributed by atoms with Gasteiger partial charge in [-0.3, -0.25) is 9.69 Å². The number of carbonyl (C=O) groups excluding carboxylic acids is 1. The van der Waals surface area contributed by atoms with Gasteiger partial charge in [-0.2, -0.15) is 0 Å². The van der Waals surface area contributed by atoms with Crippen LogP contribution in [-0.2, 0) is 19.5 Å². The van der Waals surface area contributed by atoms with Crippen LogP contribution in [0.4, 0.5) is 10.1 Å². The van der Waals surface area contributed by atoms with Crippen molar-refractivity contribution in [3.8, 4) is 0 Å². The van der Waals surface area contributed by atoms with Gasteiger partial charge in [-0.25, -0.2) is 4.39 Å². The van der Waals surface area contributed by atoms with Crippen molar-refractivity contribution >= 4 is 23.2 Å². The predicted molar refractivity (Wildman–Crippen MR) is 112 cm³/mol. The first-order chi connectivity index (χ1) is 14.5. The molecule has 0 aliphatic carbocycles. The highest BCUT2D eigenvalue weighted by molar-refractivity contribution is 6.30. The van der Waals surface area contributed by atoms with Crippen molar-refractivity contribution in [3.05, 3.63) is 76.6 Å². The van der Waals surface area contributed by atoms with E-state index in [1.807, 2.05) is 16.7 Å². The van der Waals surface area contributed by atoms with Crippen LogP contribution < -0.4 is 5.32 Å². The van der Waals surface area contributed by atoms with E-state index in [9.17, 15) is 9.18 Å². The first-order valence-corrected chi connectivity index (χ1v) is 10.4. The molecule has 0 spiro atoms. The fourth-order valence-electron chi connectivity index (χ4n) is 4.52. The average Bonchev–Trinajstić information content (AvgIpc) is 3.30. The Morgan fingerprint density at radius 1 is 1.10 bits per heavy atom. The number of fused-ring (bicyclic) bond motifs is 2. The maximum Gasteiger partial charge on any atom is 0.293 e. The van der Waals surface area contributed by atoms with Crippen LogP contribution in [0.2, 0.25) is 5.02 Å². The van der Waals surface area contributed by atoms with E-state index in [1.54, 1.807) is 12.1 Å². The SMILES string of the molecule is O=C(Nc1cccc(F)c1)c1nnc2n1C[C@H]1CN(Cc3ccc(Cl)cc3)C[C@H]1C2. The molecule has 154 valence electrons. The number of nitrogens with zero attached hydrogens (tertiary/aromatic N) is 4. The molecule has 30 heavy (non-hydrogen) atoms. The summed E-state index contributed by atoms with van der Waals surface area (Å²) in [7, 11) is 0. The van der Waals surface area contributed by atoms with Gasteiger partial charge in [-0.1, -0.05) is 29.8 Å². The van der Waals surface area contributed by atoms with Crippen molar-refractivity contribution in [1.29, 1.82) is 0 Å². The molecule has 2 aliphatic heterocycles. The van der Waals surface area contributed by atoms with Crippen molar-refractivity contribution in [2.75, 3.05) is 18.4 Å². The highest BCUT2D eigenvalue weighted by Crippen LogP contribution is 2.33. The Kier molecular flexibility index (Phi) is 5.00. The Morgan fingerprint density at radius 3 is 2.70 bits per heavy atom. The van der Waals surface area contributed by atoms with E-state index < -0.39 is 5.82 Å². The fraction of sp³-hybridized carbons (Fsp3) is 0.318. The Bertz CT molecular complexity index is 1080. The number of carbonyl (C=O) groups is 1. The third-order valence-electron chi connectivity index (χ3n) is 5.95. The van der Waals surface area contributed by atoms with Crippen LogP contribution in [0, 0.1) is 17.7 Å². The van der Waals surface area contributed by atoms with Crippen LogP contribution in [-0.4, -0.2) is 38.7 Å². The zero-order chi connectivity index (χ0) is 20.7. The van der Waals surface area contributed by atoms with Crippen molar-refractivity contribution in [1.82, 2.24) is 19.7 Å². The van der Waals surface area contributed by atoms with E-state index in [0.717, 1.165) is 43.4 Å². The molecule has 2 atom stereocenters. The molecular weight excluding hydrogens is 405 g/mol. The van der Waals surface area contributed by atoms with Crippen molar-refractivity contribution in [3.63, 3.8) is 0 Å². The Morgan fingerprint density at radius 2 is 1.90 bits per heavy atom. The molecule has 8 heteroatoms. The Labute approximate surface area is 178 Å². The van der Waals surface area contributed by atoms with Gasteiger partial charge in [0.2, 0.25) is 5.82 Å². The number of hydrogen-bond donors (Lipinski definition) is 1. The number of rotatable bonds is 4. The molecule has 1 saturated heterocycles. The Hall–Kier alpha value is -2.77. The molecule has 2 aromatic carbocycles. The fourth-order valence-corrected chi connectivity index (χ4v) is 4.65. The summed E-state index contributed by atoms with van der Waals surface area (Å²) in [6, 6.07) is 13.8. The molecule has 2 aliphatic rings. The first kappa shape index (κ1) is 19.2. The molecule has 1 fully saturated rings. The molecule has 0 unspecified atom stereocenters. The van der Waals surface area contributed by atoms with Gasteiger partial charge in [0.15, 0.2) is 0 Å². The summed E-state index contributed by atoms with van der Waals surface area (Å²) in [6.07, 6.45) is 0.808. The van der Waals surface area contributed by atoms with Gasteiger partial charge in [0.25, 0.3) is 5.91 Å². The van der Waals surface area contributed by atoms with E-state index in [1.165, 1.54) is 17.7 Å². The lowest BCUT2D eigenvalue weighted by molar-refractivity contribution is 0.100. The lowest BCUT2D eigenvalue weighted by Gasteiger charge is -2.25. The van der Waals surface area contributed by atoms with Crippen molar-refractivity contribution in [2.24, 2.45) is 11.8 Å². The van der Waals surface area contributed by atoms with Gasteiger partial charge in [0.1, 0.15) is 11.6 Å². The maximum atomic E-state index is 13.4. The second kappa shape index (κ2) is 7.81. The Balaban J connectivity index is 1.27. The minimum atomic E-state index is -0.398. The maximum absolute atomic E-state index is 13.4. The molecule has 6 nitrogen and oxygen atoms in total. The molecule has 1 amide bonds. The number of benzene rings is 2. The number of anilines is 1. The van der Waals surface area contributed by atoms with Crippen LogP contribution in [0.25, 0.3) is 0 Å². The monoisotopic (exact) mass is 425 g/mol. The third kappa shape index (κ3) is 3.82. The predicted octanol–water partition coefficient (Wildman–Crippen LogP) is 3.63.